The molecule has 1 atom stereocenters. The van der Waals surface area contributed by atoms with Crippen LogP contribution < -0.4 is 4.72 Å². The summed E-state index contributed by atoms with van der Waals surface area (Å²) in [5.41, 5.74) is -0.964. The summed E-state index contributed by atoms with van der Waals surface area (Å²) in [4.78, 5) is 15.5. The fourth-order valence-corrected chi connectivity index (χ4v) is 4.29. The van der Waals surface area contributed by atoms with Crippen LogP contribution in [-0.2, 0) is 14.8 Å². The highest BCUT2D eigenvalue weighted by molar-refractivity contribution is 7.89. The molecule has 0 aromatic carbocycles. The number of sulfonamides is 1. The maximum Gasteiger partial charge on any atom is 0.339 e. The van der Waals surface area contributed by atoms with Gasteiger partial charge in [-0.1, -0.05) is 13.8 Å². The Bertz CT molecular complexity index is 987. The second kappa shape index (κ2) is 5.03. The van der Waals surface area contributed by atoms with Crippen molar-refractivity contribution in [2.45, 2.75) is 30.8 Å². The highest BCUT2D eigenvalue weighted by Gasteiger charge is 2.64. The van der Waals surface area contributed by atoms with Gasteiger partial charge in [-0.25, -0.2) is 18.2 Å². The smallest absolute Gasteiger partial charge is 0.339 e. The van der Waals surface area contributed by atoms with Crippen LogP contribution in [0.15, 0.2) is 29.7 Å². The van der Waals surface area contributed by atoms with Crippen molar-refractivity contribution in [1.82, 2.24) is 14.1 Å². The Kier molecular flexibility index (Phi) is 3.44. The molecule has 1 fully saturated rings. The number of nitrogens with zero attached hydrogens (tertiary/aromatic N) is 3. The summed E-state index contributed by atoms with van der Waals surface area (Å²) in [6, 6.07) is 4.99. The first-order valence-electron chi connectivity index (χ1n) is 7.16. The van der Waals surface area contributed by atoms with Gasteiger partial charge in [0.05, 0.1) is 24.3 Å². The Hall–Kier alpha value is -2.44. The highest BCUT2D eigenvalue weighted by atomic mass is 32.2. The van der Waals surface area contributed by atoms with Crippen molar-refractivity contribution >= 4 is 21.5 Å². The van der Waals surface area contributed by atoms with Gasteiger partial charge < -0.3 is 9.14 Å². The van der Waals surface area contributed by atoms with Crippen molar-refractivity contribution in [3.63, 3.8) is 0 Å². The lowest BCUT2D eigenvalue weighted by molar-refractivity contribution is 0.0600. The fourth-order valence-electron chi connectivity index (χ4n) is 2.71. The Labute approximate surface area is 139 Å². The van der Waals surface area contributed by atoms with Crippen LogP contribution >= 0.6 is 0 Å². The van der Waals surface area contributed by atoms with Crippen molar-refractivity contribution in [2.24, 2.45) is 5.41 Å². The van der Waals surface area contributed by atoms with Crippen LogP contribution in [-0.4, -0.2) is 36.4 Å². The number of esters is 1. The molecule has 1 saturated carbocycles. The molecule has 0 amide bonds. The molecule has 2 aromatic heterocycles. The molecule has 0 spiro atoms. The van der Waals surface area contributed by atoms with Gasteiger partial charge in [0.1, 0.15) is 11.9 Å². The van der Waals surface area contributed by atoms with E-state index in [0.717, 1.165) is 0 Å². The molecule has 1 unspecified atom stereocenters. The molecule has 2 aromatic rings. The van der Waals surface area contributed by atoms with Gasteiger partial charge >= 0.3 is 5.97 Å². The van der Waals surface area contributed by atoms with Gasteiger partial charge in [0.2, 0.25) is 0 Å². The summed E-state index contributed by atoms with van der Waals surface area (Å²) in [6.07, 6.45) is 3.18. The first kappa shape index (κ1) is 16.4. The first-order valence-corrected chi connectivity index (χ1v) is 8.64. The first-order chi connectivity index (χ1) is 11.2. The number of ether oxygens (including phenoxy) is 1. The zero-order valence-corrected chi connectivity index (χ0v) is 14.2. The topological polar surface area (TPSA) is 114 Å². The molecular weight excluding hydrogens is 332 g/mol. The number of methoxy groups -OCH3 is 1. The summed E-state index contributed by atoms with van der Waals surface area (Å²) in [5, 5.41) is 9.15. The van der Waals surface area contributed by atoms with Gasteiger partial charge in [-0.15, -0.1) is 0 Å². The average molecular weight is 348 g/mol. The minimum Gasteiger partial charge on any atom is -0.465 e. The van der Waals surface area contributed by atoms with Gasteiger partial charge in [-0.3, -0.25) is 0 Å². The lowest BCUT2D eigenvalue weighted by Crippen LogP contribution is -2.39. The second-order valence-corrected chi connectivity index (χ2v) is 8.03. The molecule has 1 aliphatic carbocycles. The van der Waals surface area contributed by atoms with E-state index in [2.05, 4.69) is 20.5 Å². The normalized spacial score (nSPS) is 22.1. The van der Waals surface area contributed by atoms with Crippen molar-refractivity contribution in [1.29, 1.82) is 5.26 Å². The number of imidazole rings is 1. The number of carbonyl (C=O) groups excluding carboxylic acids is 1. The molecule has 1 N–H and O–H groups in total. The molecule has 0 saturated heterocycles. The molecule has 0 bridgehead atoms. The summed E-state index contributed by atoms with van der Waals surface area (Å²) < 4.78 is 33.8. The van der Waals surface area contributed by atoms with E-state index in [-0.39, 0.29) is 10.6 Å². The molecule has 8 nitrogen and oxygen atoms in total. The monoisotopic (exact) mass is 348 g/mol. The van der Waals surface area contributed by atoms with E-state index < -0.39 is 26.9 Å². The van der Waals surface area contributed by atoms with E-state index in [1.54, 1.807) is 0 Å². The standard InChI is InChI=1S/C15H16N4O4S/c1-14(2)7-15(14,8-16)18-24(21,22)12-11-5-4-10(13(20)23-3)6-19(11)9-17-12/h4-6,9,18H,7H2,1-3H3. The Morgan fingerprint density at radius 1 is 1.46 bits per heavy atom. The van der Waals surface area contributed by atoms with Crippen LogP contribution in [0.4, 0.5) is 0 Å². The lowest BCUT2D eigenvalue weighted by Gasteiger charge is -2.13. The number of nitriles is 1. The van der Waals surface area contributed by atoms with Crippen LogP contribution in [0.1, 0.15) is 30.6 Å². The highest BCUT2D eigenvalue weighted by Crippen LogP contribution is 2.55. The van der Waals surface area contributed by atoms with E-state index in [9.17, 15) is 18.5 Å². The summed E-state index contributed by atoms with van der Waals surface area (Å²) in [6.45, 7) is 3.65. The van der Waals surface area contributed by atoms with Crippen molar-refractivity contribution in [3.8, 4) is 6.07 Å². The Morgan fingerprint density at radius 3 is 2.67 bits per heavy atom. The number of carbonyl (C=O) groups is 1. The van der Waals surface area contributed by atoms with Gasteiger partial charge in [-0.2, -0.15) is 9.98 Å². The molecule has 2 heterocycles. The average Bonchev–Trinajstić information content (AvgIpc) is 2.87. The minimum absolute atomic E-state index is 0.184. The van der Waals surface area contributed by atoms with Gasteiger partial charge in [0.15, 0.2) is 5.03 Å². The number of rotatable bonds is 4. The summed E-state index contributed by atoms with van der Waals surface area (Å²) in [7, 11) is -2.72. The third-order valence-electron chi connectivity index (χ3n) is 4.41. The number of pyridine rings is 1. The van der Waals surface area contributed by atoms with E-state index in [4.69, 9.17) is 0 Å². The second-order valence-electron chi connectivity index (χ2n) is 6.43. The predicted molar refractivity (Wildman–Crippen MR) is 83.6 cm³/mol. The molecule has 1 aliphatic rings. The van der Waals surface area contributed by atoms with E-state index in [1.165, 1.54) is 36.2 Å². The number of aromatic nitrogens is 2. The largest absolute Gasteiger partial charge is 0.465 e. The third kappa shape index (κ3) is 2.35. The quantitative estimate of drug-likeness (QED) is 0.828. The molecule has 3 rings (SSSR count). The summed E-state index contributed by atoms with van der Waals surface area (Å²) >= 11 is 0. The summed E-state index contributed by atoms with van der Waals surface area (Å²) in [5.74, 6) is -0.531. The lowest BCUT2D eigenvalue weighted by atomic mass is 10.1. The number of fused-ring (bicyclic) bond motifs is 1. The zero-order valence-electron chi connectivity index (χ0n) is 13.4. The van der Waals surface area contributed by atoms with Crippen molar-refractivity contribution < 1.29 is 17.9 Å². The number of hydrogen-bond donors (Lipinski definition) is 1. The fraction of sp³-hybridized carbons (Fsp3) is 0.400. The Balaban J connectivity index is 2.01. The van der Waals surface area contributed by atoms with Crippen LogP contribution in [0, 0.1) is 16.7 Å². The van der Waals surface area contributed by atoms with E-state index in [0.29, 0.717) is 11.9 Å². The van der Waals surface area contributed by atoms with Gasteiger partial charge in [0.25, 0.3) is 10.0 Å². The van der Waals surface area contributed by atoms with Gasteiger partial charge in [-0.05, 0) is 18.6 Å². The van der Waals surface area contributed by atoms with Crippen molar-refractivity contribution in [2.75, 3.05) is 7.11 Å². The molecule has 0 aliphatic heterocycles. The Morgan fingerprint density at radius 2 is 2.12 bits per heavy atom. The van der Waals surface area contributed by atoms with Crippen LogP contribution in [0.25, 0.3) is 5.52 Å². The molecular formula is C15H16N4O4S. The maximum absolute atomic E-state index is 12.7. The van der Waals surface area contributed by atoms with E-state index in [1.807, 2.05) is 13.8 Å². The maximum atomic E-state index is 12.7. The van der Waals surface area contributed by atoms with Crippen LogP contribution in [0.5, 0.6) is 0 Å². The molecule has 126 valence electrons. The van der Waals surface area contributed by atoms with Crippen molar-refractivity contribution in [3.05, 3.63) is 30.2 Å². The number of hydrogen-bond acceptors (Lipinski definition) is 6. The zero-order chi connectivity index (χ0) is 17.8. The molecule has 0 radical (unpaired) electrons. The third-order valence-corrected chi connectivity index (χ3v) is 5.85. The number of nitrogens with one attached hydrogen (secondary N) is 1. The van der Waals surface area contributed by atoms with Gasteiger partial charge in [0, 0.05) is 11.6 Å². The molecule has 9 heteroatoms. The van der Waals surface area contributed by atoms with Crippen LogP contribution in [0.2, 0.25) is 0 Å². The SMILES string of the molecule is COC(=O)c1ccc2c(S(=O)(=O)NC3(C#N)CC3(C)C)ncn2c1. The molecule has 24 heavy (non-hydrogen) atoms. The predicted octanol–water partition coefficient (Wildman–Crippen LogP) is 1.09. The minimum atomic E-state index is -3.98. The van der Waals surface area contributed by atoms with Crippen LogP contribution in [0.3, 0.4) is 0 Å². The van der Waals surface area contributed by atoms with E-state index >= 15 is 0 Å².